The Labute approximate surface area is 120 Å². The van der Waals surface area contributed by atoms with E-state index in [4.69, 9.17) is 4.74 Å². The monoisotopic (exact) mass is 285 g/mol. The first-order valence-electron chi connectivity index (χ1n) is 6.20. The van der Waals surface area contributed by atoms with Crippen LogP contribution in [0.15, 0.2) is 24.4 Å². The number of nitrogens with zero attached hydrogens (tertiary/aromatic N) is 3. The van der Waals surface area contributed by atoms with Crippen molar-refractivity contribution >= 4 is 24.2 Å². The minimum Gasteiger partial charge on any atom is -0.468 e. The number of aromatic nitrogens is 1. The first-order chi connectivity index (χ1) is 8.72. The van der Waals surface area contributed by atoms with Gasteiger partial charge < -0.3 is 9.64 Å². The van der Waals surface area contributed by atoms with Gasteiger partial charge in [0.05, 0.1) is 7.11 Å². The highest BCUT2D eigenvalue weighted by molar-refractivity contribution is 5.85. The van der Waals surface area contributed by atoms with E-state index in [9.17, 15) is 4.79 Å². The first kappa shape index (κ1) is 15.7. The molecule has 1 atom stereocenters. The average molecular weight is 286 g/mol. The van der Waals surface area contributed by atoms with Crippen molar-refractivity contribution in [1.82, 2.24) is 9.88 Å². The maximum Gasteiger partial charge on any atom is 0.322 e. The van der Waals surface area contributed by atoms with Crippen molar-refractivity contribution in [3.63, 3.8) is 0 Å². The minimum atomic E-state index is -0.166. The highest BCUT2D eigenvalue weighted by Crippen LogP contribution is 2.14. The zero-order chi connectivity index (χ0) is 13.0. The number of halogens is 1. The van der Waals surface area contributed by atoms with Crippen molar-refractivity contribution in [1.29, 1.82) is 0 Å². The molecule has 1 aliphatic rings. The van der Waals surface area contributed by atoms with Crippen molar-refractivity contribution in [2.75, 3.05) is 38.2 Å². The molecule has 0 aromatic carbocycles. The van der Waals surface area contributed by atoms with Crippen molar-refractivity contribution in [3.8, 4) is 0 Å². The third kappa shape index (κ3) is 3.81. The summed E-state index contributed by atoms with van der Waals surface area (Å²) in [6.07, 6.45) is 1.80. The predicted octanol–water partition coefficient (Wildman–Crippen LogP) is 1.19. The van der Waals surface area contributed by atoms with Crippen LogP contribution in [0.5, 0.6) is 0 Å². The van der Waals surface area contributed by atoms with Crippen LogP contribution >= 0.6 is 12.4 Å². The number of carbonyl (C=O) groups is 1. The summed E-state index contributed by atoms with van der Waals surface area (Å²) in [5.74, 6) is 0.837. The lowest BCUT2D eigenvalue weighted by atomic mass is 10.2. The van der Waals surface area contributed by atoms with Gasteiger partial charge in [0, 0.05) is 32.4 Å². The predicted molar refractivity (Wildman–Crippen MR) is 76.7 cm³/mol. The van der Waals surface area contributed by atoms with Crippen LogP contribution in [0.25, 0.3) is 0 Å². The van der Waals surface area contributed by atoms with Crippen LogP contribution in [-0.2, 0) is 9.53 Å². The van der Waals surface area contributed by atoms with Crippen LogP contribution in [0.3, 0.4) is 0 Å². The average Bonchev–Trinajstić information content (AvgIpc) is 2.47. The molecular formula is C13H20ClN3O2. The molecule has 2 heterocycles. The summed E-state index contributed by atoms with van der Waals surface area (Å²) in [6, 6.07) is 5.76. The Morgan fingerprint density at radius 1 is 1.32 bits per heavy atom. The molecule has 106 valence electrons. The van der Waals surface area contributed by atoms with E-state index in [-0.39, 0.29) is 24.4 Å². The molecule has 1 aromatic rings. The molecule has 19 heavy (non-hydrogen) atoms. The quantitative estimate of drug-likeness (QED) is 0.781. The number of pyridine rings is 1. The molecular weight excluding hydrogens is 266 g/mol. The molecule has 1 aromatic heterocycles. The summed E-state index contributed by atoms with van der Waals surface area (Å²) in [7, 11) is 1.43. The van der Waals surface area contributed by atoms with Gasteiger partial charge in [-0.2, -0.15) is 0 Å². The van der Waals surface area contributed by atoms with E-state index in [0.717, 1.165) is 32.0 Å². The van der Waals surface area contributed by atoms with Crippen LogP contribution in [-0.4, -0.2) is 55.2 Å². The topological polar surface area (TPSA) is 45.7 Å². The first-order valence-corrected chi connectivity index (χ1v) is 6.20. The van der Waals surface area contributed by atoms with Gasteiger partial charge in [-0.3, -0.25) is 9.69 Å². The summed E-state index contributed by atoms with van der Waals surface area (Å²) in [5, 5.41) is 0. The zero-order valence-corrected chi connectivity index (χ0v) is 12.1. The molecule has 0 radical (unpaired) electrons. The maximum absolute atomic E-state index is 11.5. The van der Waals surface area contributed by atoms with E-state index in [1.54, 1.807) is 6.20 Å². The summed E-state index contributed by atoms with van der Waals surface area (Å²) >= 11 is 0. The summed E-state index contributed by atoms with van der Waals surface area (Å²) in [6.45, 7) is 5.37. The molecule has 5 nitrogen and oxygen atoms in total. The molecule has 0 bridgehead atoms. The molecule has 1 fully saturated rings. The normalized spacial score (nSPS) is 17.5. The Kier molecular flexibility index (Phi) is 6.05. The van der Waals surface area contributed by atoms with Gasteiger partial charge in [-0.15, -0.1) is 12.4 Å². The molecule has 1 saturated heterocycles. The van der Waals surface area contributed by atoms with Gasteiger partial charge in [-0.1, -0.05) is 6.07 Å². The second-order valence-corrected chi connectivity index (χ2v) is 4.41. The van der Waals surface area contributed by atoms with Gasteiger partial charge >= 0.3 is 5.97 Å². The number of hydrogen-bond donors (Lipinski definition) is 0. The molecule has 6 heteroatoms. The largest absolute Gasteiger partial charge is 0.468 e. The van der Waals surface area contributed by atoms with E-state index in [1.807, 2.05) is 25.1 Å². The SMILES string of the molecule is COC(=O)C(C)N1CCN(c2ccccn2)CC1.Cl. The molecule has 2 rings (SSSR count). The molecule has 0 aliphatic carbocycles. The van der Waals surface area contributed by atoms with Crippen molar-refractivity contribution in [2.45, 2.75) is 13.0 Å². The lowest BCUT2D eigenvalue weighted by Crippen LogP contribution is -2.52. The number of ether oxygens (including phenoxy) is 1. The van der Waals surface area contributed by atoms with Crippen molar-refractivity contribution < 1.29 is 9.53 Å². The molecule has 0 N–H and O–H groups in total. The number of methoxy groups -OCH3 is 1. The second-order valence-electron chi connectivity index (χ2n) is 4.41. The number of piperazine rings is 1. The van der Waals surface area contributed by atoms with Crippen LogP contribution in [0.2, 0.25) is 0 Å². The van der Waals surface area contributed by atoms with E-state index in [0.29, 0.717) is 0 Å². The fourth-order valence-electron chi connectivity index (χ4n) is 2.20. The highest BCUT2D eigenvalue weighted by atomic mass is 35.5. The Hall–Kier alpha value is -1.33. The second kappa shape index (κ2) is 7.31. The molecule has 0 spiro atoms. The lowest BCUT2D eigenvalue weighted by Gasteiger charge is -2.37. The standard InChI is InChI=1S/C13H19N3O2.ClH/c1-11(13(17)18-2)15-7-9-16(10-8-15)12-5-3-4-6-14-12;/h3-6,11H,7-10H2,1-2H3;1H. The fourth-order valence-corrected chi connectivity index (χ4v) is 2.20. The highest BCUT2D eigenvalue weighted by Gasteiger charge is 2.26. The Morgan fingerprint density at radius 2 is 2.00 bits per heavy atom. The Balaban J connectivity index is 0.00000180. The van der Waals surface area contributed by atoms with Crippen LogP contribution in [0.1, 0.15) is 6.92 Å². The fraction of sp³-hybridized carbons (Fsp3) is 0.538. The van der Waals surface area contributed by atoms with E-state index < -0.39 is 0 Å². The third-order valence-corrected chi connectivity index (χ3v) is 3.38. The summed E-state index contributed by atoms with van der Waals surface area (Å²) in [5.41, 5.74) is 0. The van der Waals surface area contributed by atoms with Gasteiger partial charge in [0.2, 0.25) is 0 Å². The molecule has 0 amide bonds. The Bertz CT molecular complexity index is 394. The van der Waals surface area contributed by atoms with E-state index >= 15 is 0 Å². The van der Waals surface area contributed by atoms with Gasteiger partial charge in [-0.05, 0) is 19.1 Å². The maximum atomic E-state index is 11.5. The van der Waals surface area contributed by atoms with Crippen molar-refractivity contribution in [3.05, 3.63) is 24.4 Å². The number of esters is 1. The van der Waals surface area contributed by atoms with Gasteiger partial charge in [0.1, 0.15) is 11.9 Å². The number of hydrogen-bond acceptors (Lipinski definition) is 5. The molecule has 0 saturated carbocycles. The summed E-state index contributed by atoms with van der Waals surface area (Å²) < 4.78 is 4.77. The Morgan fingerprint density at radius 3 is 2.53 bits per heavy atom. The van der Waals surface area contributed by atoms with Gasteiger partial charge in [0.25, 0.3) is 0 Å². The van der Waals surface area contributed by atoms with Crippen LogP contribution in [0, 0.1) is 0 Å². The van der Waals surface area contributed by atoms with Crippen LogP contribution in [0.4, 0.5) is 5.82 Å². The van der Waals surface area contributed by atoms with Crippen LogP contribution < -0.4 is 4.90 Å². The minimum absolute atomic E-state index is 0. The number of rotatable bonds is 3. The molecule has 1 aliphatic heterocycles. The van der Waals surface area contributed by atoms with Gasteiger partial charge in [0.15, 0.2) is 0 Å². The lowest BCUT2D eigenvalue weighted by molar-refractivity contribution is -0.146. The van der Waals surface area contributed by atoms with E-state index in [1.165, 1.54) is 7.11 Å². The number of anilines is 1. The molecule has 1 unspecified atom stereocenters. The van der Waals surface area contributed by atoms with Crippen molar-refractivity contribution in [2.24, 2.45) is 0 Å². The third-order valence-electron chi connectivity index (χ3n) is 3.38. The zero-order valence-electron chi connectivity index (χ0n) is 11.3. The van der Waals surface area contributed by atoms with Gasteiger partial charge in [-0.25, -0.2) is 4.98 Å². The summed E-state index contributed by atoms with van der Waals surface area (Å²) in [4.78, 5) is 20.2. The smallest absolute Gasteiger partial charge is 0.322 e. The number of carbonyl (C=O) groups excluding carboxylic acids is 1. The van der Waals surface area contributed by atoms with E-state index in [2.05, 4.69) is 14.8 Å².